The lowest BCUT2D eigenvalue weighted by atomic mass is 10.2. The third-order valence-electron chi connectivity index (χ3n) is 3.54. The van der Waals surface area contributed by atoms with Gasteiger partial charge >= 0.3 is 0 Å². The molecule has 0 saturated heterocycles. The average molecular weight is 268 g/mol. The maximum absolute atomic E-state index is 13.8. The van der Waals surface area contributed by atoms with Crippen LogP contribution in [0.5, 0.6) is 0 Å². The van der Waals surface area contributed by atoms with E-state index in [0.717, 1.165) is 12.1 Å². The van der Waals surface area contributed by atoms with E-state index >= 15 is 0 Å². The number of aromatic nitrogens is 1. The van der Waals surface area contributed by atoms with Gasteiger partial charge in [-0.15, -0.1) is 0 Å². The van der Waals surface area contributed by atoms with Gasteiger partial charge in [-0.25, -0.2) is 4.39 Å². The van der Waals surface area contributed by atoms with Crippen molar-refractivity contribution in [3.63, 3.8) is 0 Å². The number of para-hydroxylation sites is 1. The van der Waals surface area contributed by atoms with Gasteiger partial charge in [-0.3, -0.25) is 0 Å². The van der Waals surface area contributed by atoms with Crippen molar-refractivity contribution in [3.8, 4) is 0 Å². The third-order valence-corrected chi connectivity index (χ3v) is 3.54. The monoisotopic (exact) mass is 268 g/mol. The summed E-state index contributed by atoms with van der Waals surface area (Å²) in [5, 5.41) is 4.40. The van der Waals surface area contributed by atoms with Crippen LogP contribution in [0.4, 0.5) is 4.39 Å². The number of halogens is 1. The lowest BCUT2D eigenvalue weighted by molar-refractivity contribution is 0.602. The van der Waals surface area contributed by atoms with Crippen LogP contribution in [-0.2, 0) is 13.1 Å². The van der Waals surface area contributed by atoms with Crippen LogP contribution in [0.25, 0.3) is 10.9 Å². The zero-order chi connectivity index (χ0) is 13.9. The summed E-state index contributed by atoms with van der Waals surface area (Å²) in [6.07, 6.45) is 2.10. The number of fused-ring (bicyclic) bond motifs is 1. The molecule has 0 aliphatic carbocycles. The molecule has 0 unspecified atom stereocenters. The fourth-order valence-electron chi connectivity index (χ4n) is 2.60. The molecule has 2 aromatic carbocycles. The van der Waals surface area contributed by atoms with E-state index in [4.69, 9.17) is 0 Å². The summed E-state index contributed by atoms with van der Waals surface area (Å²) >= 11 is 0. The van der Waals surface area contributed by atoms with Crippen molar-refractivity contribution in [1.29, 1.82) is 0 Å². The Morgan fingerprint density at radius 2 is 1.75 bits per heavy atom. The first-order chi connectivity index (χ1) is 9.79. The summed E-state index contributed by atoms with van der Waals surface area (Å²) in [7, 11) is 1.93. The van der Waals surface area contributed by atoms with Gasteiger partial charge in [-0.05, 0) is 24.7 Å². The van der Waals surface area contributed by atoms with Gasteiger partial charge in [0.2, 0.25) is 0 Å². The molecule has 102 valence electrons. The van der Waals surface area contributed by atoms with Gasteiger partial charge in [0.05, 0.1) is 6.54 Å². The molecule has 0 saturated carbocycles. The second kappa shape index (κ2) is 5.47. The first-order valence-corrected chi connectivity index (χ1v) is 6.74. The molecular formula is C17H17FN2. The molecule has 2 nitrogen and oxygen atoms in total. The highest BCUT2D eigenvalue weighted by atomic mass is 19.1. The van der Waals surface area contributed by atoms with E-state index in [1.54, 1.807) is 6.07 Å². The molecule has 0 bridgehead atoms. The topological polar surface area (TPSA) is 17.0 Å². The fraction of sp³-hybridized carbons (Fsp3) is 0.176. The van der Waals surface area contributed by atoms with Crippen molar-refractivity contribution in [3.05, 3.63) is 71.7 Å². The highest BCUT2D eigenvalue weighted by Crippen LogP contribution is 2.22. The Morgan fingerprint density at radius 1 is 1.00 bits per heavy atom. The van der Waals surface area contributed by atoms with Crippen LogP contribution in [-0.4, -0.2) is 11.6 Å². The van der Waals surface area contributed by atoms with E-state index in [1.165, 1.54) is 17.0 Å². The molecule has 3 rings (SSSR count). The first kappa shape index (κ1) is 12.9. The van der Waals surface area contributed by atoms with Gasteiger partial charge < -0.3 is 9.88 Å². The second-order valence-electron chi connectivity index (χ2n) is 4.92. The Hall–Kier alpha value is -2.13. The summed E-state index contributed by atoms with van der Waals surface area (Å²) in [5.74, 6) is -0.152. The van der Waals surface area contributed by atoms with Gasteiger partial charge in [0.1, 0.15) is 5.82 Å². The maximum atomic E-state index is 13.8. The molecule has 1 aromatic heterocycles. The van der Waals surface area contributed by atoms with Crippen LogP contribution in [0.2, 0.25) is 0 Å². The van der Waals surface area contributed by atoms with E-state index in [2.05, 4.69) is 28.2 Å². The van der Waals surface area contributed by atoms with Crippen molar-refractivity contribution in [2.45, 2.75) is 13.1 Å². The summed E-state index contributed by atoms with van der Waals surface area (Å²) < 4.78 is 15.9. The normalized spacial score (nSPS) is 11.1. The Kier molecular flexibility index (Phi) is 3.52. The SMILES string of the molecule is CNCc1cn(Cc2ccccc2F)c2ccccc12. The summed E-state index contributed by atoms with van der Waals surface area (Å²) in [6, 6.07) is 15.2. The zero-order valence-corrected chi connectivity index (χ0v) is 11.4. The highest BCUT2D eigenvalue weighted by Gasteiger charge is 2.09. The van der Waals surface area contributed by atoms with Gasteiger partial charge in [-0.2, -0.15) is 0 Å². The standard InChI is InChI=1S/C17H17FN2/c1-19-10-14-12-20(17-9-5-3-7-15(14)17)11-13-6-2-4-8-16(13)18/h2-9,12,19H,10-11H2,1H3. The molecule has 3 aromatic rings. The second-order valence-corrected chi connectivity index (χ2v) is 4.92. The molecule has 0 fully saturated rings. The quantitative estimate of drug-likeness (QED) is 0.765. The lowest BCUT2D eigenvalue weighted by Gasteiger charge is -2.06. The molecule has 0 aliphatic heterocycles. The highest BCUT2D eigenvalue weighted by molar-refractivity contribution is 5.84. The number of benzene rings is 2. The third kappa shape index (κ3) is 2.32. The Morgan fingerprint density at radius 3 is 2.55 bits per heavy atom. The van der Waals surface area contributed by atoms with Crippen molar-refractivity contribution in [2.24, 2.45) is 0 Å². The largest absolute Gasteiger partial charge is 0.343 e. The first-order valence-electron chi connectivity index (χ1n) is 6.74. The smallest absolute Gasteiger partial charge is 0.128 e. The van der Waals surface area contributed by atoms with Gasteiger partial charge in [0.25, 0.3) is 0 Å². The van der Waals surface area contributed by atoms with Gasteiger partial charge in [-0.1, -0.05) is 36.4 Å². The van der Waals surface area contributed by atoms with Crippen LogP contribution < -0.4 is 5.32 Å². The molecule has 1 N–H and O–H groups in total. The molecule has 0 atom stereocenters. The fourth-order valence-corrected chi connectivity index (χ4v) is 2.60. The van der Waals surface area contributed by atoms with Crippen molar-refractivity contribution in [1.82, 2.24) is 9.88 Å². The Bertz CT molecular complexity index is 731. The molecule has 1 heterocycles. The van der Waals surface area contributed by atoms with Crippen LogP contribution >= 0.6 is 0 Å². The predicted octanol–water partition coefficient (Wildman–Crippen LogP) is 3.55. The van der Waals surface area contributed by atoms with Crippen LogP contribution in [0.15, 0.2) is 54.7 Å². The number of nitrogens with one attached hydrogen (secondary N) is 1. The molecular weight excluding hydrogens is 251 g/mol. The van der Waals surface area contributed by atoms with E-state index in [9.17, 15) is 4.39 Å². The number of hydrogen-bond donors (Lipinski definition) is 1. The average Bonchev–Trinajstić information content (AvgIpc) is 2.81. The van der Waals surface area contributed by atoms with E-state index in [-0.39, 0.29) is 5.82 Å². The van der Waals surface area contributed by atoms with E-state index in [1.807, 2.05) is 31.3 Å². The number of nitrogens with zero attached hydrogens (tertiary/aromatic N) is 1. The van der Waals surface area contributed by atoms with Gasteiger partial charge in [0.15, 0.2) is 0 Å². The summed E-state index contributed by atoms with van der Waals surface area (Å²) in [6.45, 7) is 1.36. The number of hydrogen-bond acceptors (Lipinski definition) is 1. The molecule has 0 aliphatic rings. The molecule has 0 amide bonds. The van der Waals surface area contributed by atoms with Gasteiger partial charge in [0, 0.05) is 29.2 Å². The van der Waals surface area contributed by atoms with Crippen LogP contribution in [0, 0.1) is 5.82 Å². The Labute approximate surface area is 117 Å². The maximum Gasteiger partial charge on any atom is 0.128 e. The minimum Gasteiger partial charge on any atom is -0.343 e. The van der Waals surface area contributed by atoms with E-state index in [0.29, 0.717) is 12.1 Å². The van der Waals surface area contributed by atoms with Crippen LogP contribution in [0.1, 0.15) is 11.1 Å². The van der Waals surface area contributed by atoms with Crippen molar-refractivity contribution >= 4 is 10.9 Å². The minimum atomic E-state index is -0.152. The van der Waals surface area contributed by atoms with Crippen molar-refractivity contribution < 1.29 is 4.39 Å². The summed E-state index contributed by atoms with van der Waals surface area (Å²) in [5.41, 5.74) is 3.09. The van der Waals surface area contributed by atoms with E-state index < -0.39 is 0 Å². The Balaban J connectivity index is 2.05. The molecule has 0 spiro atoms. The predicted molar refractivity (Wildman–Crippen MR) is 80.2 cm³/mol. The summed E-state index contributed by atoms with van der Waals surface area (Å²) in [4.78, 5) is 0. The van der Waals surface area contributed by atoms with Crippen molar-refractivity contribution in [2.75, 3.05) is 7.05 Å². The van der Waals surface area contributed by atoms with Crippen LogP contribution in [0.3, 0.4) is 0 Å². The molecule has 20 heavy (non-hydrogen) atoms. The zero-order valence-electron chi connectivity index (χ0n) is 11.4. The molecule has 0 radical (unpaired) electrons. The lowest BCUT2D eigenvalue weighted by Crippen LogP contribution is -2.04. The number of rotatable bonds is 4. The minimum absolute atomic E-state index is 0.152. The molecule has 3 heteroatoms.